The highest BCUT2D eigenvalue weighted by Crippen LogP contribution is 2.04. The second-order valence-corrected chi connectivity index (χ2v) is 5.67. The Hall–Kier alpha value is -1.67. The van der Waals surface area contributed by atoms with Crippen LogP contribution < -0.4 is 15.8 Å². The summed E-state index contributed by atoms with van der Waals surface area (Å²) in [5.41, 5.74) is 0.428. The maximum atomic E-state index is 11.7. The first-order valence-electron chi connectivity index (χ1n) is 5.91. The minimum atomic E-state index is -3.47. The van der Waals surface area contributed by atoms with Gasteiger partial charge in [0, 0.05) is 19.3 Å². The molecule has 0 aliphatic rings. The minimum absolute atomic E-state index is 0.148. The van der Waals surface area contributed by atoms with E-state index in [9.17, 15) is 13.2 Å². The van der Waals surface area contributed by atoms with Crippen molar-refractivity contribution in [3.05, 3.63) is 23.9 Å². The average molecular weight is 286 g/mol. The van der Waals surface area contributed by atoms with Gasteiger partial charge in [0.05, 0.1) is 11.3 Å². The van der Waals surface area contributed by atoms with Gasteiger partial charge in [-0.05, 0) is 25.5 Å². The Morgan fingerprint density at radius 2 is 2.16 bits per heavy atom. The van der Waals surface area contributed by atoms with Crippen molar-refractivity contribution >= 4 is 21.7 Å². The number of hydrogen-bond acceptors (Lipinski definition) is 5. The molecule has 1 heterocycles. The molecule has 0 atom stereocenters. The van der Waals surface area contributed by atoms with Crippen LogP contribution in [0.4, 0.5) is 5.82 Å². The first kappa shape index (κ1) is 15.4. The fourth-order valence-electron chi connectivity index (χ4n) is 1.39. The van der Waals surface area contributed by atoms with Gasteiger partial charge in [0.15, 0.2) is 0 Å². The van der Waals surface area contributed by atoms with Crippen LogP contribution in [-0.2, 0) is 10.0 Å². The van der Waals surface area contributed by atoms with Crippen LogP contribution in [0.2, 0.25) is 0 Å². The van der Waals surface area contributed by atoms with Crippen molar-refractivity contribution in [1.82, 2.24) is 10.3 Å². The zero-order chi connectivity index (χ0) is 14.3. The smallest absolute Gasteiger partial charge is 0.252 e. The first-order valence-corrected chi connectivity index (χ1v) is 7.62. The summed E-state index contributed by atoms with van der Waals surface area (Å²) in [6, 6.07) is 3.36. The van der Waals surface area contributed by atoms with Crippen molar-refractivity contribution in [2.75, 3.05) is 24.2 Å². The molecule has 0 bridgehead atoms. The molecule has 19 heavy (non-hydrogen) atoms. The van der Waals surface area contributed by atoms with Crippen molar-refractivity contribution in [2.45, 2.75) is 13.3 Å². The highest BCUT2D eigenvalue weighted by atomic mass is 32.2. The van der Waals surface area contributed by atoms with E-state index in [4.69, 9.17) is 5.14 Å². The third-order valence-electron chi connectivity index (χ3n) is 2.27. The largest absolute Gasteiger partial charge is 0.370 e. The standard InChI is InChI=1S/C11H18N4O3S/c1-2-13-10-5-4-9(8-15-10)11(16)14-6-3-7-19(12,17)18/h4-5,8H,2-3,6-7H2,1H3,(H,13,15)(H,14,16)(H2,12,17,18). The van der Waals surface area contributed by atoms with Crippen LogP contribution in [0.1, 0.15) is 23.7 Å². The predicted molar refractivity (Wildman–Crippen MR) is 73.3 cm³/mol. The van der Waals surface area contributed by atoms with Crippen molar-refractivity contribution in [3.63, 3.8) is 0 Å². The number of nitrogens with one attached hydrogen (secondary N) is 2. The fraction of sp³-hybridized carbons (Fsp3) is 0.455. The predicted octanol–water partition coefficient (Wildman–Crippen LogP) is -0.0782. The molecule has 0 spiro atoms. The van der Waals surface area contributed by atoms with Crippen LogP contribution in [0.15, 0.2) is 18.3 Å². The molecule has 1 rings (SSSR count). The number of nitrogens with two attached hydrogens (primary N) is 1. The first-order chi connectivity index (χ1) is 8.92. The van der Waals surface area contributed by atoms with Crippen molar-refractivity contribution < 1.29 is 13.2 Å². The van der Waals surface area contributed by atoms with E-state index in [0.717, 1.165) is 6.54 Å². The molecule has 0 aliphatic heterocycles. The molecule has 1 aromatic rings. The molecule has 106 valence electrons. The quantitative estimate of drug-likeness (QED) is 0.607. The zero-order valence-electron chi connectivity index (χ0n) is 10.7. The lowest BCUT2D eigenvalue weighted by molar-refractivity contribution is 0.0953. The van der Waals surface area contributed by atoms with E-state index in [-0.39, 0.29) is 24.6 Å². The molecule has 0 aromatic carbocycles. The van der Waals surface area contributed by atoms with E-state index < -0.39 is 10.0 Å². The number of primary sulfonamides is 1. The number of aromatic nitrogens is 1. The Morgan fingerprint density at radius 1 is 1.42 bits per heavy atom. The van der Waals surface area contributed by atoms with E-state index in [0.29, 0.717) is 11.4 Å². The van der Waals surface area contributed by atoms with Gasteiger partial charge in [-0.2, -0.15) is 0 Å². The minimum Gasteiger partial charge on any atom is -0.370 e. The maximum absolute atomic E-state index is 11.7. The summed E-state index contributed by atoms with van der Waals surface area (Å²) < 4.78 is 21.4. The molecule has 0 fully saturated rings. The fourth-order valence-corrected chi connectivity index (χ4v) is 1.94. The SMILES string of the molecule is CCNc1ccc(C(=O)NCCCS(N)(=O)=O)cn1. The van der Waals surface area contributed by atoms with Gasteiger partial charge in [-0.15, -0.1) is 0 Å². The van der Waals surface area contributed by atoms with Crippen molar-refractivity contribution in [2.24, 2.45) is 5.14 Å². The van der Waals surface area contributed by atoms with Gasteiger partial charge in [0.1, 0.15) is 5.82 Å². The molecular formula is C11H18N4O3S. The maximum Gasteiger partial charge on any atom is 0.252 e. The Kier molecular flexibility index (Phi) is 5.71. The molecule has 0 saturated carbocycles. The molecule has 0 aliphatic carbocycles. The van der Waals surface area contributed by atoms with Crippen LogP contribution in [0.25, 0.3) is 0 Å². The molecule has 7 nitrogen and oxygen atoms in total. The highest BCUT2D eigenvalue weighted by Gasteiger charge is 2.07. The van der Waals surface area contributed by atoms with E-state index in [1.165, 1.54) is 6.20 Å². The lowest BCUT2D eigenvalue weighted by atomic mass is 10.2. The van der Waals surface area contributed by atoms with Crippen LogP contribution >= 0.6 is 0 Å². The lowest BCUT2D eigenvalue weighted by Crippen LogP contribution is -2.27. The molecule has 4 N–H and O–H groups in total. The Morgan fingerprint density at radius 3 is 2.68 bits per heavy atom. The molecule has 1 amide bonds. The van der Waals surface area contributed by atoms with Gasteiger partial charge in [-0.3, -0.25) is 4.79 Å². The Labute approximate surface area is 112 Å². The van der Waals surface area contributed by atoms with Crippen LogP contribution in [-0.4, -0.2) is 38.2 Å². The normalized spacial score (nSPS) is 11.1. The monoisotopic (exact) mass is 286 g/mol. The summed E-state index contributed by atoms with van der Waals surface area (Å²) in [6.45, 7) is 2.96. The van der Waals surface area contributed by atoms with E-state index in [1.807, 2.05) is 6.92 Å². The number of hydrogen-bond donors (Lipinski definition) is 3. The molecule has 8 heteroatoms. The topological polar surface area (TPSA) is 114 Å². The second kappa shape index (κ2) is 7.05. The van der Waals surface area contributed by atoms with Gasteiger partial charge in [-0.25, -0.2) is 18.5 Å². The zero-order valence-corrected chi connectivity index (χ0v) is 11.5. The summed E-state index contributed by atoms with van der Waals surface area (Å²) in [5, 5.41) is 10.5. The van der Waals surface area contributed by atoms with E-state index >= 15 is 0 Å². The summed E-state index contributed by atoms with van der Waals surface area (Å²) in [6.07, 6.45) is 1.75. The number of sulfonamides is 1. The van der Waals surface area contributed by atoms with E-state index in [1.54, 1.807) is 12.1 Å². The number of amides is 1. The third kappa shape index (κ3) is 6.16. The lowest BCUT2D eigenvalue weighted by Gasteiger charge is -2.06. The number of pyridine rings is 1. The molecular weight excluding hydrogens is 268 g/mol. The molecule has 1 aromatic heterocycles. The molecule has 0 saturated heterocycles. The number of nitrogens with zero attached hydrogens (tertiary/aromatic N) is 1. The second-order valence-electron chi connectivity index (χ2n) is 3.94. The van der Waals surface area contributed by atoms with Gasteiger partial charge >= 0.3 is 0 Å². The van der Waals surface area contributed by atoms with Gasteiger partial charge in [0.25, 0.3) is 5.91 Å². The van der Waals surface area contributed by atoms with Crippen molar-refractivity contribution in [3.8, 4) is 0 Å². The summed E-state index contributed by atoms with van der Waals surface area (Å²) in [4.78, 5) is 15.8. The third-order valence-corrected chi connectivity index (χ3v) is 3.13. The average Bonchev–Trinajstić information content (AvgIpc) is 2.34. The molecule has 0 radical (unpaired) electrons. The summed E-state index contributed by atoms with van der Waals surface area (Å²) in [7, 11) is -3.47. The van der Waals surface area contributed by atoms with Crippen LogP contribution in [0.5, 0.6) is 0 Å². The van der Waals surface area contributed by atoms with Gasteiger partial charge < -0.3 is 10.6 Å². The summed E-state index contributed by atoms with van der Waals surface area (Å²) in [5.74, 6) is 0.267. The summed E-state index contributed by atoms with van der Waals surface area (Å²) >= 11 is 0. The van der Waals surface area contributed by atoms with Crippen molar-refractivity contribution in [1.29, 1.82) is 0 Å². The number of rotatable bonds is 7. The van der Waals surface area contributed by atoms with Crippen LogP contribution in [0, 0.1) is 0 Å². The number of carbonyl (C=O) groups excluding carboxylic acids is 1. The van der Waals surface area contributed by atoms with E-state index in [2.05, 4.69) is 15.6 Å². The number of carbonyl (C=O) groups is 1. The van der Waals surface area contributed by atoms with Gasteiger partial charge in [-0.1, -0.05) is 0 Å². The highest BCUT2D eigenvalue weighted by molar-refractivity contribution is 7.89. The van der Waals surface area contributed by atoms with Gasteiger partial charge in [0.2, 0.25) is 10.0 Å². The van der Waals surface area contributed by atoms with Crippen LogP contribution in [0.3, 0.4) is 0 Å². The molecule has 0 unspecified atom stereocenters. The number of anilines is 1. The Bertz CT molecular complexity index is 513. The Balaban J connectivity index is 2.41.